The second kappa shape index (κ2) is 8.48. The average molecular weight is 243 g/mol. The van der Waals surface area contributed by atoms with Gasteiger partial charge in [-0.05, 0) is 32.6 Å². The van der Waals surface area contributed by atoms with E-state index in [2.05, 4.69) is 12.2 Å². The van der Waals surface area contributed by atoms with Crippen molar-refractivity contribution in [3.05, 3.63) is 0 Å². The smallest absolute Gasteiger partial charge is 0.323 e. The average Bonchev–Trinajstić information content (AvgIpc) is 2.36. The number of carbonyl (C=O) groups excluding carboxylic acids is 1. The molecule has 0 spiro atoms. The molecule has 4 nitrogen and oxygen atoms in total. The van der Waals surface area contributed by atoms with Gasteiger partial charge in [0.25, 0.3) is 0 Å². The maximum Gasteiger partial charge on any atom is 0.323 e. The van der Waals surface area contributed by atoms with Crippen molar-refractivity contribution in [3.63, 3.8) is 0 Å². The first-order chi connectivity index (χ1) is 8.27. The Labute approximate surface area is 104 Å². The highest BCUT2D eigenvalue weighted by atomic mass is 16.5. The molecule has 0 aromatic rings. The molecular formula is C13H25NO3. The summed E-state index contributed by atoms with van der Waals surface area (Å²) in [6, 6.07) is -0.175. The summed E-state index contributed by atoms with van der Waals surface area (Å²) < 4.78 is 10.7. The van der Waals surface area contributed by atoms with Crippen LogP contribution in [0, 0.1) is 0 Å². The number of carbonyl (C=O) groups is 1. The van der Waals surface area contributed by atoms with E-state index in [1.54, 1.807) is 0 Å². The Balaban J connectivity index is 2.29. The molecule has 2 unspecified atom stereocenters. The third-order valence-corrected chi connectivity index (χ3v) is 3.01. The number of rotatable bonds is 7. The van der Waals surface area contributed by atoms with E-state index in [1.807, 2.05) is 6.92 Å². The molecule has 0 aromatic heterocycles. The standard InChI is InChI=1S/C13H25NO3/c1-3-7-12(13(15)16-4-2)14-10-11-8-5-6-9-17-11/h11-12,14H,3-10H2,1-2H3. The van der Waals surface area contributed by atoms with Crippen LogP contribution in [-0.4, -0.2) is 37.9 Å². The summed E-state index contributed by atoms with van der Waals surface area (Å²) >= 11 is 0. The van der Waals surface area contributed by atoms with Crippen LogP contribution in [0.4, 0.5) is 0 Å². The van der Waals surface area contributed by atoms with Crippen LogP contribution < -0.4 is 5.32 Å². The van der Waals surface area contributed by atoms with Crippen molar-refractivity contribution in [3.8, 4) is 0 Å². The first-order valence-corrected chi connectivity index (χ1v) is 6.79. The molecule has 1 fully saturated rings. The Hall–Kier alpha value is -0.610. The lowest BCUT2D eigenvalue weighted by Gasteiger charge is -2.25. The van der Waals surface area contributed by atoms with Gasteiger partial charge in [0.1, 0.15) is 6.04 Å². The number of hydrogen-bond acceptors (Lipinski definition) is 4. The summed E-state index contributed by atoms with van der Waals surface area (Å²) in [6.45, 7) is 5.96. The zero-order valence-corrected chi connectivity index (χ0v) is 11.0. The maximum absolute atomic E-state index is 11.7. The zero-order valence-electron chi connectivity index (χ0n) is 11.0. The van der Waals surface area contributed by atoms with E-state index in [0.29, 0.717) is 6.61 Å². The van der Waals surface area contributed by atoms with Crippen LogP contribution in [0.25, 0.3) is 0 Å². The van der Waals surface area contributed by atoms with Crippen LogP contribution in [0.1, 0.15) is 46.0 Å². The number of esters is 1. The Kier molecular flexibility index (Phi) is 7.21. The number of nitrogens with one attached hydrogen (secondary N) is 1. The maximum atomic E-state index is 11.7. The van der Waals surface area contributed by atoms with Crippen molar-refractivity contribution in [1.82, 2.24) is 5.32 Å². The van der Waals surface area contributed by atoms with Crippen LogP contribution in [-0.2, 0) is 14.3 Å². The molecule has 2 atom stereocenters. The van der Waals surface area contributed by atoms with Crippen molar-refractivity contribution in [2.24, 2.45) is 0 Å². The van der Waals surface area contributed by atoms with Gasteiger partial charge in [-0.1, -0.05) is 13.3 Å². The molecular weight excluding hydrogens is 218 g/mol. The largest absolute Gasteiger partial charge is 0.465 e. The van der Waals surface area contributed by atoms with Crippen molar-refractivity contribution in [2.75, 3.05) is 19.8 Å². The molecule has 100 valence electrons. The highest BCUT2D eigenvalue weighted by Crippen LogP contribution is 2.12. The lowest BCUT2D eigenvalue weighted by atomic mass is 10.1. The van der Waals surface area contributed by atoms with E-state index in [9.17, 15) is 4.79 Å². The molecule has 0 aromatic carbocycles. The molecule has 0 radical (unpaired) electrons. The topological polar surface area (TPSA) is 47.6 Å². The SMILES string of the molecule is CCCC(NCC1CCCCO1)C(=O)OCC. The quantitative estimate of drug-likeness (QED) is 0.694. The van der Waals surface area contributed by atoms with Gasteiger partial charge in [0.15, 0.2) is 0 Å². The third kappa shape index (κ3) is 5.50. The van der Waals surface area contributed by atoms with Crippen LogP contribution in [0.5, 0.6) is 0 Å². The highest BCUT2D eigenvalue weighted by Gasteiger charge is 2.21. The van der Waals surface area contributed by atoms with Crippen molar-refractivity contribution < 1.29 is 14.3 Å². The van der Waals surface area contributed by atoms with Crippen molar-refractivity contribution in [2.45, 2.75) is 58.1 Å². The molecule has 1 saturated heterocycles. The fraction of sp³-hybridized carbons (Fsp3) is 0.923. The van der Waals surface area contributed by atoms with Crippen LogP contribution in [0.2, 0.25) is 0 Å². The number of hydrogen-bond donors (Lipinski definition) is 1. The zero-order chi connectivity index (χ0) is 12.5. The normalized spacial score (nSPS) is 22.1. The summed E-state index contributed by atoms with van der Waals surface area (Å²) in [4.78, 5) is 11.7. The molecule has 1 aliphatic rings. The van der Waals surface area contributed by atoms with E-state index in [0.717, 1.165) is 38.8 Å². The summed E-state index contributed by atoms with van der Waals surface area (Å²) in [5.41, 5.74) is 0. The van der Waals surface area contributed by atoms with Crippen molar-refractivity contribution >= 4 is 5.97 Å². The van der Waals surface area contributed by atoms with Gasteiger partial charge in [-0.25, -0.2) is 0 Å². The molecule has 17 heavy (non-hydrogen) atoms. The van der Waals surface area contributed by atoms with Crippen LogP contribution in [0.3, 0.4) is 0 Å². The molecule has 1 rings (SSSR count). The second-order valence-corrected chi connectivity index (χ2v) is 4.49. The minimum absolute atomic E-state index is 0.134. The summed E-state index contributed by atoms with van der Waals surface area (Å²) in [5, 5.41) is 3.28. The molecule has 1 N–H and O–H groups in total. The number of ether oxygens (including phenoxy) is 2. The fourth-order valence-corrected chi connectivity index (χ4v) is 2.08. The van der Waals surface area contributed by atoms with E-state index >= 15 is 0 Å². The summed E-state index contributed by atoms with van der Waals surface area (Å²) in [5.74, 6) is -0.134. The van der Waals surface area contributed by atoms with Gasteiger partial charge >= 0.3 is 5.97 Å². The van der Waals surface area contributed by atoms with Gasteiger partial charge < -0.3 is 14.8 Å². The second-order valence-electron chi connectivity index (χ2n) is 4.49. The predicted molar refractivity (Wildman–Crippen MR) is 66.9 cm³/mol. The van der Waals surface area contributed by atoms with Gasteiger partial charge in [-0.2, -0.15) is 0 Å². The Morgan fingerprint density at radius 3 is 2.88 bits per heavy atom. The molecule has 1 aliphatic heterocycles. The monoisotopic (exact) mass is 243 g/mol. The van der Waals surface area contributed by atoms with E-state index in [4.69, 9.17) is 9.47 Å². The molecule has 1 heterocycles. The summed E-state index contributed by atoms with van der Waals surface area (Å²) in [6.07, 6.45) is 5.54. The third-order valence-electron chi connectivity index (χ3n) is 3.01. The van der Waals surface area contributed by atoms with E-state index in [1.165, 1.54) is 6.42 Å². The van der Waals surface area contributed by atoms with Crippen LogP contribution >= 0.6 is 0 Å². The highest BCUT2D eigenvalue weighted by molar-refractivity contribution is 5.75. The van der Waals surface area contributed by atoms with Crippen LogP contribution in [0.15, 0.2) is 0 Å². The van der Waals surface area contributed by atoms with Gasteiger partial charge in [-0.15, -0.1) is 0 Å². The molecule has 0 amide bonds. The minimum Gasteiger partial charge on any atom is -0.465 e. The first-order valence-electron chi connectivity index (χ1n) is 6.79. The molecule has 0 saturated carbocycles. The van der Waals surface area contributed by atoms with Crippen molar-refractivity contribution in [1.29, 1.82) is 0 Å². The van der Waals surface area contributed by atoms with E-state index in [-0.39, 0.29) is 18.1 Å². The Bertz CT molecular complexity index is 215. The molecule has 0 bridgehead atoms. The van der Waals surface area contributed by atoms with Gasteiger partial charge in [0.05, 0.1) is 12.7 Å². The van der Waals surface area contributed by atoms with Gasteiger partial charge in [0.2, 0.25) is 0 Å². The van der Waals surface area contributed by atoms with E-state index < -0.39 is 0 Å². The molecule has 4 heteroatoms. The predicted octanol–water partition coefficient (Wildman–Crippen LogP) is 1.88. The Morgan fingerprint density at radius 1 is 1.47 bits per heavy atom. The first kappa shape index (κ1) is 14.5. The summed E-state index contributed by atoms with van der Waals surface area (Å²) in [7, 11) is 0. The Morgan fingerprint density at radius 2 is 2.29 bits per heavy atom. The lowest BCUT2D eigenvalue weighted by Crippen LogP contribution is -2.43. The fourth-order valence-electron chi connectivity index (χ4n) is 2.08. The van der Waals surface area contributed by atoms with Gasteiger partial charge in [-0.3, -0.25) is 4.79 Å². The molecule has 0 aliphatic carbocycles. The minimum atomic E-state index is -0.175. The lowest BCUT2D eigenvalue weighted by molar-refractivity contribution is -0.146. The van der Waals surface area contributed by atoms with Gasteiger partial charge in [0, 0.05) is 13.2 Å².